The normalized spacial score (nSPS) is 12.4. The van der Waals surface area contributed by atoms with Crippen molar-refractivity contribution in [3.05, 3.63) is 84.3 Å². The van der Waals surface area contributed by atoms with E-state index in [4.69, 9.17) is 0 Å². The van der Waals surface area contributed by atoms with Gasteiger partial charge < -0.3 is 9.67 Å². The van der Waals surface area contributed by atoms with Crippen molar-refractivity contribution in [3.63, 3.8) is 0 Å². The Morgan fingerprint density at radius 2 is 1.80 bits per heavy atom. The average Bonchev–Trinajstić information content (AvgIpc) is 3.01. The molecule has 0 fully saturated rings. The molecule has 2 aromatic heterocycles. The maximum Gasteiger partial charge on any atom is 0.159 e. The van der Waals surface area contributed by atoms with Crippen molar-refractivity contribution in [1.82, 2.24) is 14.5 Å². The van der Waals surface area contributed by atoms with E-state index >= 15 is 0 Å². The molecule has 0 amide bonds. The van der Waals surface area contributed by atoms with Crippen LogP contribution in [0.5, 0.6) is 0 Å². The van der Waals surface area contributed by atoms with Crippen LogP contribution in [0.1, 0.15) is 11.7 Å². The number of aliphatic hydroxyl groups is 1. The first-order chi connectivity index (χ1) is 12.2. The number of fused-ring (bicyclic) bond motifs is 1. The number of aliphatic hydroxyl groups excluding tert-OH is 1. The molecule has 0 spiro atoms. The minimum atomic E-state index is -0.732. The minimum absolute atomic E-state index is 0.260. The number of rotatable bonds is 4. The molecule has 0 radical (unpaired) electrons. The number of aromatic nitrogens is 3. The zero-order valence-electron chi connectivity index (χ0n) is 13.4. The summed E-state index contributed by atoms with van der Waals surface area (Å²) in [5, 5.41) is 10.6. The van der Waals surface area contributed by atoms with E-state index in [0.717, 1.165) is 5.56 Å². The quantitative estimate of drug-likeness (QED) is 0.615. The lowest BCUT2D eigenvalue weighted by Crippen LogP contribution is -2.10. The van der Waals surface area contributed by atoms with Gasteiger partial charge in [-0.2, -0.15) is 0 Å². The topological polar surface area (TPSA) is 50.9 Å². The highest BCUT2D eigenvalue weighted by molar-refractivity contribution is 5.80. The Bertz CT molecular complexity index is 1000. The van der Waals surface area contributed by atoms with Gasteiger partial charge in [0.2, 0.25) is 0 Å². The first kappa shape index (κ1) is 15.5. The lowest BCUT2D eigenvalue weighted by Gasteiger charge is -2.15. The average molecular weight is 333 g/mol. The van der Waals surface area contributed by atoms with Gasteiger partial charge in [-0.25, -0.2) is 9.37 Å². The summed E-state index contributed by atoms with van der Waals surface area (Å²) in [4.78, 5) is 8.94. The van der Waals surface area contributed by atoms with Crippen molar-refractivity contribution >= 4 is 11.0 Å². The first-order valence-corrected chi connectivity index (χ1v) is 8.02. The van der Waals surface area contributed by atoms with Crippen LogP contribution in [0.4, 0.5) is 4.39 Å². The second-order valence-corrected chi connectivity index (χ2v) is 5.82. The molecule has 5 heteroatoms. The van der Waals surface area contributed by atoms with Crippen molar-refractivity contribution in [2.75, 3.05) is 0 Å². The molecule has 0 aliphatic heterocycles. The Labute approximate surface area is 144 Å². The Hall–Kier alpha value is -3.05. The second kappa shape index (κ2) is 6.45. The Balaban J connectivity index is 1.84. The molecular weight excluding hydrogens is 317 g/mol. The van der Waals surface area contributed by atoms with Gasteiger partial charge in [0, 0.05) is 6.20 Å². The molecule has 1 N–H and O–H groups in total. The van der Waals surface area contributed by atoms with Crippen LogP contribution in [0, 0.1) is 5.82 Å². The van der Waals surface area contributed by atoms with Crippen molar-refractivity contribution in [3.8, 4) is 11.5 Å². The third-order valence-electron chi connectivity index (χ3n) is 4.14. The van der Waals surface area contributed by atoms with E-state index in [2.05, 4.69) is 9.97 Å². The monoisotopic (exact) mass is 333 g/mol. The number of benzene rings is 2. The largest absolute Gasteiger partial charge is 0.387 e. The molecule has 0 saturated carbocycles. The van der Waals surface area contributed by atoms with Crippen molar-refractivity contribution in [1.29, 1.82) is 0 Å². The Kier molecular flexibility index (Phi) is 3.99. The van der Waals surface area contributed by atoms with Crippen LogP contribution in [0.15, 0.2) is 72.9 Å². The number of hydrogen-bond acceptors (Lipinski definition) is 3. The summed E-state index contributed by atoms with van der Waals surface area (Å²) in [6, 6.07) is 19.4. The molecule has 1 atom stereocenters. The van der Waals surface area contributed by atoms with Gasteiger partial charge in [0.1, 0.15) is 11.5 Å². The van der Waals surface area contributed by atoms with Gasteiger partial charge >= 0.3 is 0 Å². The van der Waals surface area contributed by atoms with E-state index in [-0.39, 0.29) is 12.4 Å². The maximum absolute atomic E-state index is 13.8. The summed E-state index contributed by atoms with van der Waals surface area (Å²) in [5.74, 6) is 0.270. The van der Waals surface area contributed by atoms with Gasteiger partial charge in [-0.3, -0.25) is 4.98 Å². The first-order valence-electron chi connectivity index (χ1n) is 8.02. The summed E-state index contributed by atoms with van der Waals surface area (Å²) in [5.41, 5.74) is 2.78. The van der Waals surface area contributed by atoms with Gasteiger partial charge in [-0.1, -0.05) is 36.4 Å². The van der Waals surface area contributed by atoms with E-state index in [1.54, 1.807) is 12.3 Å². The Morgan fingerprint density at radius 3 is 2.56 bits per heavy atom. The summed E-state index contributed by atoms with van der Waals surface area (Å²) in [6.45, 7) is 0.260. The predicted molar refractivity (Wildman–Crippen MR) is 94.3 cm³/mol. The third-order valence-corrected chi connectivity index (χ3v) is 4.14. The molecule has 4 rings (SSSR count). The standard InChI is InChI=1S/C20H16FN3O/c21-15-9-10-16-18(12-15)24(13-19(25)14-6-2-1-3-7-14)20(23-16)17-8-4-5-11-22-17/h1-12,19,25H,13H2. The molecule has 0 saturated heterocycles. The lowest BCUT2D eigenvalue weighted by atomic mass is 10.1. The van der Waals surface area contributed by atoms with Crippen LogP contribution in [-0.4, -0.2) is 19.6 Å². The molecule has 4 nitrogen and oxygen atoms in total. The summed E-state index contributed by atoms with van der Waals surface area (Å²) < 4.78 is 15.6. The third kappa shape index (κ3) is 3.02. The Morgan fingerprint density at radius 1 is 1.00 bits per heavy atom. The number of halogens is 1. The zero-order chi connectivity index (χ0) is 17.2. The van der Waals surface area contributed by atoms with Crippen LogP contribution in [0.25, 0.3) is 22.6 Å². The van der Waals surface area contributed by atoms with Crippen molar-refractivity contribution < 1.29 is 9.50 Å². The molecule has 25 heavy (non-hydrogen) atoms. The van der Waals surface area contributed by atoms with E-state index in [0.29, 0.717) is 22.6 Å². The fourth-order valence-electron chi connectivity index (χ4n) is 2.92. The highest BCUT2D eigenvalue weighted by Crippen LogP contribution is 2.27. The molecule has 0 bridgehead atoms. The van der Waals surface area contributed by atoms with Gasteiger partial charge in [0.25, 0.3) is 0 Å². The zero-order valence-corrected chi connectivity index (χ0v) is 13.4. The van der Waals surface area contributed by atoms with E-state index in [9.17, 15) is 9.50 Å². The highest BCUT2D eigenvalue weighted by atomic mass is 19.1. The predicted octanol–water partition coefficient (Wildman–Crippen LogP) is 3.97. The molecule has 2 aromatic carbocycles. The van der Waals surface area contributed by atoms with Crippen LogP contribution in [0.3, 0.4) is 0 Å². The summed E-state index contributed by atoms with van der Waals surface area (Å²) in [7, 11) is 0. The van der Waals surface area contributed by atoms with Crippen molar-refractivity contribution in [2.45, 2.75) is 12.6 Å². The van der Waals surface area contributed by atoms with Gasteiger partial charge in [-0.05, 0) is 35.9 Å². The molecular formula is C20H16FN3O. The fourth-order valence-corrected chi connectivity index (χ4v) is 2.92. The highest BCUT2D eigenvalue weighted by Gasteiger charge is 2.17. The lowest BCUT2D eigenvalue weighted by molar-refractivity contribution is 0.158. The molecule has 2 heterocycles. The number of hydrogen-bond donors (Lipinski definition) is 1. The molecule has 0 aliphatic carbocycles. The molecule has 124 valence electrons. The summed E-state index contributed by atoms with van der Waals surface area (Å²) in [6.07, 6.45) is 0.956. The number of nitrogens with zero attached hydrogens (tertiary/aromatic N) is 3. The van der Waals surface area contributed by atoms with Crippen LogP contribution in [0.2, 0.25) is 0 Å². The molecule has 1 unspecified atom stereocenters. The van der Waals surface area contributed by atoms with Crippen LogP contribution >= 0.6 is 0 Å². The SMILES string of the molecule is OC(Cn1c(-c2ccccn2)nc2ccc(F)cc21)c1ccccc1. The van der Waals surface area contributed by atoms with Crippen molar-refractivity contribution in [2.24, 2.45) is 0 Å². The van der Waals surface area contributed by atoms with Gasteiger partial charge in [-0.15, -0.1) is 0 Å². The molecule has 0 aliphatic rings. The number of pyridine rings is 1. The summed E-state index contributed by atoms with van der Waals surface area (Å²) >= 11 is 0. The fraction of sp³-hybridized carbons (Fsp3) is 0.100. The number of imidazole rings is 1. The maximum atomic E-state index is 13.8. The van der Waals surface area contributed by atoms with Crippen LogP contribution in [-0.2, 0) is 6.54 Å². The second-order valence-electron chi connectivity index (χ2n) is 5.82. The van der Waals surface area contributed by atoms with E-state index < -0.39 is 6.10 Å². The minimum Gasteiger partial charge on any atom is -0.387 e. The van der Waals surface area contributed by atoms with Crippen LogP contribution < -0.4 is 0 Å². The molecule has 4 aromatic rings. The van der Waals surface area contributed by atoms with Gasteiger partial charge in [0.15, 0.2) is 5.82 Å². The van der Waals surface area contributed by atoms with Gasteiger partial charge in [0.05, 0.1) is 23.7 Å². The van der Waals surface area contributed by atoms with E-state index in [1.165, 1.54) is 12.1 Å². The van der Waals surface area contributed by atoms with E-state index in [1.807, 2.05) is 53.1 Å². The smallest absolute Gasteiger partial charge is 0.159 e.